The van der Waals surface area contributed by atoms with Crippen molar-refractivity contribution in [3.63, 3.8) is 0 Å². The van der Waals surface area contributed by atoms with Gasteiger partial charge in [-0.3, -0.25) is 0 Å². The van der Waals surface area contributed by atoms with Crippen molar-refractivity contribution in [3.8, 4) is 11.6 Å². The van der Waals surface area contributed by atoms with Crippen LogP contribution in [0.15, 0.2) is 34.9 Å². The second-order valence-electron chi connectivity index (χ2n) is 10.5. The van der Waals surface area contributed by atoms with E-state index in [-0.39, 0.29) is 41.7 Å². The SMILES string of the molecule is CC(C)OC(=O)N1CCC(OC(C)c2noc(-c3ccc(N4CC(N)C(c5cc(F)ccc5F)C4)nn3)n2)CC1. The number of benzene rings is 1. The summed E-state index contributed by atoms with van der Waals surface area (Å²) in [5, 5.41) is 12.6. The van der Waals surface area contributed by atoms with Crippen LogP contribution in [-0.2, 0) is 9.47 Å². The number of hydrogen-bond acceptors (Lipinski definition) is 10. The molecular formula is C27H33F2N7O4. The van der Waals surface area contributed by atoms with E-state index < -0.39 is 17.7 Å². The number of likely N-dealkylation sites (tertiary alicyclic amines) is 1. The Balaban J connectivity index is 1.16. The van der Waals surface area contributed by atoms with Gasteiger partial charge in [-0.1, -0.05) is 5.16 Å². The predicted octanol–water partition coefficient (Wildman–Crippen LogP) is 3.82. The molecule has 1 aromatic carbocycles. The maximum atomic E-state index is 14.3. The normalized spacial score (nSPS) is 20.8. The van der Waals surface area contributed by atoms with E-state index >= 15 is 0 Å². The minimum atomic E-state index is -0.501. The number of nitrogens with two attached hydrogens (primary N) is 1. The molecule has 0 bridgehead atoms. The zero-order chi connectivity index (χ0) is 28.4. The number of amides is 1. The first-order valence-electron chi connectivity index (χ1n) is 13.4. The van der Waals surface area contributed by atoms with Gasteiger partial charge in [-0.05, 0) is 69.5 Å². The molecule has 13 heteroatoms. The van der Waals surface area contributed by atoms with Crippen molar-refractivity contribution < 1.29 is 27.6 Å². The lowest BCUT2D eigenvalue weighted by Crippen LogP contribution is -2.42. The lowest BCUT2D eigenvalue weighted by atomic mass is 9.94. The van der Waals surface area contributed by atoms with Crippen LogP contribution in [0.2, 0.25) is 0 Å². The van der Waals surface area contributed by atoms with Gasteiger partial charge in [-0.2, -0.15) is 4.98 Å². The monoisotopic (exact) mass is 557 g/mol. The Morgan fingerprint density at radius 1 is 1.10 bits per heavy atom. The lowest BCUT2D eigenvalue weighted by Gasteiger charge is -2.32. The summed E-state index contributed by atoms with van der Waals surface area (Å²) in [6.07, 6.45) is 0.442. The van der Waals surface area contributed by atoms with Crippen LogP contribution in [-0.4, -0.2) is 75.8 Å². The van der Waals surface area contributed by atoms with Crippen LogP contribution in [0.4, 0.5) is 19.4 Å². The number of hydrogen-bond donors (Lipinski definition) is 1. The Kier molecular flexibility index (Phi) is 8.22. The molecular weight excluding hydrogens is 524 g/mol. The Hall–Kier alpha value is -3.71. The van der Waals surface area contributed by atoms with Crippen LogP contribution in [0.3, 0.4) is 0 Å². The van der Waals surface area contributed by atoms with E-state index in [1.165, 1.54) is 6.07 Å². The molecule has 3 aromatic rings. The average molecular weight is 558 g/mol. The van der Waals surface area contributed by atoms with Crippen molar-refractivity contribution in [1.29, 1.82) is 0 Å². The number of rotatable bonds is 7. The first-order valence-corrected chi connectivity index (χ1v) is 13.4. The molecule has 2 aromatic heterocycles. The van der Waals surface area contributed by atoms with E-state index in [9.17, 15) is 13.6 Å². The maximum absolute atomic E-state index is 14.3. The molecule has 2 fully saturated rings. The molecule has 40 heavy (non-hydrogen) atoms. The quantitative estimate of drug-likeness (QED) is 0.457. The van der Waals surface area contributed by atoms with Crippen LogP contribution in [0.1, 0.15) is 57.0 Å². The number of piperidine rings is 1. The van der Waals surface area contributed by atoms with Crippen molar-refractivity contribution in [2.24, 2.45) is 5.73 Å². The third-order valence-electron chi connectivity index (χ3n) is 7.15. The van der Waals surface area contributed by atoms with Gasteiger partial charge in [0.2, 0.25) is 5.82 Å². The van der Waals surface area contributed by atoms with Crippen molar-refractivity contribution in [2.75, 3.05) is 31.1 Å². The molecule has 2 saturated heterocycles. The Labute approximate surface area is 230 Å². The Morgan fingerprint density at radius 2 is 1.88 bits per heavy atom. The molecule has 3 unspecified atom stereocenters. The van der Waals surface area contributed by atoms with E-state index in [0.717, 1.165) is 12.1 Å². The second kappa shape index (κ2) is 11.8. The van der Waals surface area contributed by atoms with Crippen molar-refractivity contribution in [3.05, 3.63) is 53.4 Å². The van der Waals surface area contributed by atoms with Gasteiger partial charge in [0.25, 0.3) is 5.89 Å². The summed E-state index contributed by atoms with van der Waals surface area (Å²) in [7, 11) is 0. The van der Waals surface area contributed by atoms with E-state index in [0.29, 0.717) is 56.4 Å². The minimum Gasteiger partial charge on any atom is -0.447 e. The number of ether oxygens (including phenoxy) is 2. The molecule has 2 aliphatic heterocycles. The highest BCUT2D eigenvalue weighted by Crippen LogP contribution is 2.32. The zero-order valence-electron chi connectivity index (χ0n) is 22.7. The highest BCUT2D eigenvalue weighted by atomic mass is 19.1. The summed E-state index contributed by atoms with van der Waals surface area (Å²) < 4.78 is 44.8. The summed E-state index contributed by atoms with van der Waals surface area (Å²) in [5.74, 6) is -0.218. The molecule has 0 spiro atoms. The summed E-state index contributed by atoms with van der Waals surface area (Å²) in [6.45, 7) is 7.42. The number of carbonyl (C=O) groups is 1. The van der Waals surface area contributed by atoms with Gasteiger partial charge in [0.05, 0.1) is 12.2 Å². The predicted molar refractivity (Wildman–Crippen MR) is 140 cm³/mol. The highest BCUT2D eigenvalue weighted by molar-refractivity contribution is 5.67. The molecule has 2 aliphatic rings. The summed E-state index contributed by atoms with van der Waals surface area (Å²) in [5.41, 5.74) is 6.92. The molecule has 1 amide bonds. The van der Waals surface area contributed by atoms with Gasteiger partial charge in [0.1, 0.15) is 17.7 Å². The Morgan fingerprint density at radius 3 is 2.58 bits per heavy atom. The van der Waals surface area contributed by atoms with Gasteiger partial charge < -0.3 is 29.5 Å². The second-order valence-corrected chi connectivity index (χ2v) is 10.5. The fourth-order valence-corrected chi connectivity index (χ4v) is 5.06. The van der Waals surface area contributed by atoms with Gasteiger partial charge in [-0.15, -0.1) is 10.2 Å². The number of carbonyl (C=O) groups excluding carboxylic acids is 1. The maximum Gasteiger partial charge on any atom is 0.410 e. The largest absolute Gasteiger partial charge is 0.447 e. The number of nitrogens with zero attached hydrogens (tertiary/aromatic N) is 6. The van der Waals surface area contributed by atoms with Crippen molar-refractivity contribution in [2.45, 2.75) is 63.9 Å². The van der Waals surface area contributed by atoms with Crippen molar-refractivity contribution >= 4 is 11.9 Å². The fraction of sp³-hybridized carbons (Fsp3) is 0.519. The molecule has 3 atom stereocenters. The first-order chi connectivity index (χ1) is 19.2. The summed E-state index contributed by atoms with van der Waals surface area (Å²) in [6, 6.07) is 6.48. The van der Waals surface area contributed by atoms with Gasteiger partial charge in [-0.25, -0.2) is 13.6 Å². The zero-order valence-corrected chi connectivity index (χ0v) is 22.7. The van der Waals surface area contributed by atoms with E-state index in [1.54, 1.807) is 17.0 Å². The van der Waals surface area contributed by atoms with Gasteiger partial charge >= 0.3 is 6.09 Å². The molecule has 11 nitrogen and oxygen atoms in total. The molecule has 0 radical (unpaired) electrons. The molecule has 4 heterocycles. The van der Waals surface area contributed by atoms with Gasteiger partial charge in [0.15, 0.2) is 11.5 Å². The van der Waals surface area contributed by atoms with Crippen LogP contribution in [0, 0.1) is 11.6 Å². The molecule has 2 N–H and O–H groups in total. The standard InChI is InChI=1S/C27H33F2N7O4/c1-15(2)38-27(37)35-10-8-18(9-11-35)39-16(3)25-31-26(40-34-25)23-6-7-24(33-32-23)36-13-20(22(30)14-36)19-12-17(28)4-5-21(19)29/h4-7,12,15-16,18,20,22H,8-11,13-14,30H2,1-3H3. The van der Waals surface area contributed by atoms with Crippen LogP contribution >= 0.6 is 0 Å². The summed E-state index contributed by atoms with van der Waals surface area (Å²) >= 11 is 0. The molecule has 5 rings (SSSR count). The van der Waals surface area contributed by atoms with Gasteiger partial charge in [0, 0.05) is 38.1 Å². The van der Waals surface area contributed by atoms with E-state index in [4.69, 9.17) is 19.7 Å². The summed E-state index contributed by atoms with van der Waals surface area (Å²) in [4.78, 5) is 20.1. The molecule has 214 valence electrons. The van der Waals surface area contributed by atoms with E-state index in [1.807, 2.05) is 25.7 Å². The minimum absolute atomic E-state index is 0.0457. The average Bonchev–Trinajstić information content (AvgIpc) is 3.58. The topological polar surface area (TPSA) is 133 Å². The fourth-order valence-electron chi connectivity index (χ4n) is 5.06. The third-order valence-corrected chi connectivity index (χ3v) is 7.15. The molecule has 0 aliphatic carbocycles. The van der Waals surface area contributed by atoms with Crippen LogP contribution in [0.5, 0.6) is 0 Å². The number of anilines is 1. The Bertz CT molecular complexity index is 1310. The molecule has 0 saturated carbocycles. The van der Waals surface area contributed by atoms with Crippen molar-refractivity contribution in [1.82, 2.24) is 25.2 Å². The lowest BCUT2D eigenvalue weighted by molar-refractivity contribution is -0.0402. The van der Waals surface area contributed by atoms with Crippen LogP contribution in [0.25, 0.3) is 11.6 Å². The number of aromatic nitrogens is 4. The number of halogens is 2. The smallest absolute Gasteiger partial charge is 0.410 e. The van der Waals surface area contributed by atoms with Crippen LogP contribution < -0.4 is 10.6 Å². The first kappa shape index (κ1) is 27.8. The highest BCUT2D eigenvalue weighted by Gasteiger charge is 2.34. The third kappa shape index (κ3) is 6.20. The van der Waals surface area contributed by atoms with E-state index in [2.05, 4.69) is 20.3 Å².